The zero-order chi connectivity index (χ0) is 18.5. The maximum Gasteiger partial charge on any atom is 0.226 e. The molecule has 1 aromatic heterocycles. The number of nitrogens with one attached hydrogen (secondary N) is 1. The number of ether oxygens (including phenoxy) is 1. The Labute approximate surface area is 155 Å². The van der Waals surface area contributed by atoms with E-state index in [4.69, 9.17) is 4.74 Å². The van der Waals surface area contributed by atoms with Gasteiger partial charge >= 0.3 is 0 Å². The van der Waals surface area contributed by atoms with Crippen LogP contribution in [-0.4, -0.2) is 18.0 Å². The number of hydrogen-bond acceptors (Lipinski definition) is 4. The molecule has 0 spiro atoms. The number of amides is 1. The molecule has 0 aliphatic rings. The number of nitrogens with zero attached hydrogens (tertiary/aromatic N) is 1. The van der Waals surface area contributed by atoms with Gasteiger partial charge in [-0.25, -0.2) is 9.37 Å². The Kier molecular flexibility index (Phi) is 5.63. The van der Waals surface area contributed by atoms with Gasteiger partial charge in [-0.2, -0.15) is 0 Å². The van der Waals surface area contributed by atoms with Crippen LogP contribution in [0.3, 0.4) is 0 Å². The molecule has 0 aliphatic carbocycles. The Morgan fingerprint density at radius 2 is 2.00 bits per heavy atom. The minimum atomic E-state index is -0.285. The smallest absolute Gasteiger partial charge is 0.226 e. The first-order valence-electron chi connectivity index (χ1n) is 8.21. The van der Waals surface area contributed by atoms with Crippen LogP contribution in [0.1, 0.15) is 16.9 Å². The molecule has 0 fully saturated rings. The standard InChI is InChI=1S/C20H19FN2O2S/c1-13-19(15-7-9-16(21)10-8-15)23-20(26-13)22-18(24)11-6-14-4-3-5-17(12-14)25-2/h3-5,7-10,12H,6,11H2,1-2H3,(H,22,23,24). The van der Waals surface area contributed by atoms with E-state index in [1.165, 1.54) is 23.5 Å². The molecule has 26 heavy (non-hydrogen) atoms. The molecule has 1 heterocycles. The molecule has 0 bridgehead atoms. The van der Waals surface area contributed by atoms with E-state index in [0.29, 0.717) is 18.0 Å². The van der Waals surface area contributed by atoms with Crippen molar-refractivity contribution in [2.75, 3.05) is 12.4 Å². The van der Waals surface area contributed by atoms with Crippen molar-refractivity contribution in [2.24, 2.45) is 0 Å². The highest BCUT2D eigenvalue weighted by molar-refractivity contribution is 7.16. The fraction of sp³-hybridized carbons (Fsp3) is 0.200. The van der Waals surface area contributed by atoms with Crippen molar-refractivity contribution in [3.8, 4) is 17.0 Å². The highest BCUT2D eigenvalue weighted by Gasteiger charge is 2.12. The van der Waals surface area contributed by atoms with Crippen molar-refractivity contribution in [1.82, 2.24) is 4.98 Å². The molecule has 0 saturated heterocycles. The summed E-state index contributed by atoms with van der Waals surface area (Å²) in [6.07, 6.45) is 0.982. The summed E-state index contributed by atoms with van der Waals surface area (Å²) < 4.78 is 18.3. The molecule has 1 amide bonds. The molecule has 3 rings (SSSR count). The van der Waals surface area contributed by atoms with Crippen LogP contribution >= 0.6 is 11.3 Å². The third kappa shape index (κ3) is 4.46. The van der Waals surface area contributed by atoms with Crippen LogP contribution in [0.5, 0.6) is 5.75 Å². The molecule has 3 aromatic rings. The van der Waals surface area contributed by atoms with Gasteiger partial charge in [-0.3, -0.25) is 4.79 Å². The lowest BCUT2D eigenvalue weighted by atomic mass is 10.1. The molecule has 0 atom stereocenters. The van der Waals surface area contributed by atoms with Gasteiger partial charge in [0.2, 0.25) is 5.91 Å². The molecular formula is C20H19FN2O2S. The van der Waals surface area contributed by atoms with Gasteiger partial charge in [0.25, 0.3) is 0 Å². The molecule has 0 unspecified atom stereocenters. The van der Waals surface area contributed by atoms with E-state index in [0.717, 1.165) is 27.4 Å². The minimum absolute atomic E-state index is 0.0905. The zero-order valence-corrected chi connectivity index (χ0v) is 15.4. The van der Waals surface area contributed by atoms with Crippen molar-refractivity contribution in [3.05, 3.63) is 64.8 Å². The monoisotopic (exact) mass is 370 g/mol. The van der Waals surface area contributed by atoms with Crippen LogP contribution in [0, 0.1) is 12.7 Å². The van der Waals surface area contributed by atoms with Gasteiger partial charge in [0, 0.05) is 16.9 Å². The number of aryl methyl sites for hydroxylation is 2. The Bertz CT molecular complexity index is 906. The lowest BCUT2D eigenvalue weighted by molar-refractivity contribution is -0.116. The van der Waals surface area contributed by atoms with E-state index in [1.54, 1.807) is 19.2 Å². The quantitative estimate of drug-likeness (QED) is 0.676. The molecule has 0 aliphatic heterocycles. The lowest BCUT2D eigenvalue weighted by Gasteiger charge is -2.04. The van der Waals surface area contributed by atoms with E-state index in [1.807, 2.05) is 31.2 Å². The predicted octanol–water partition coefficient (Wildman–Crippen LogP) is 4.84. The number of hydrogen-bond donors (Lipinski definition) is 1. The molecular weight excluding hydrogens is 351 g/mol. The summed E-state index contributed by atoms with van der Waals surface area (Å²) in [6.45, 7) is 1.93. The average Bonchev–Trinajstić information content (AvgIpc) is 3.01. The Morgan fingerprint density at radius 1 is 1.23 bits per heavy atom. The first-order valence-corrected chi connectivity index (χ1v) is 9.03. The van der Waals surface area contributed by atoms with Gasteiger partial charge in [-0.05, 0) is 55.3 Å². The van der Waals surface area contributed by atoms with Gasteiger partial charge in [0.05, 0.1) is 12.8 Å². The number of benzene rings is 2. The van der Waals surface area contributed by atoms with E-state index in [2.05, 4.69) is 10.3 Å². The number of methoxy groups -OCH3 is 1. The lowest BCUT2D eigenvalue weighted by Crippen LogP contribution is -2.12. The number of carbonyl (C=O) groups excluding carboxylic acids is 1. The summed E-state index contributed by atoms with van der Waals surface area (Å²) in [5.74, 6) is 0.405. The zero-order valence-electron chi connectivity index (χ0n) is 14.6. The van der Waals surface area contributed by atoms with Crippen molar-refractivity contribution < 1.29 is 13.9 Å². The summed E-state index contributed by atoms with van der Waals surface area (Å²) in [5.41, 5.74) is 2.64. The topological polar surface area (TPSA) is 51.2 Å². The van der Waals surface area contributed by atoms with Gasteiger partial charge in [0.15, 0.2) is 5.13 Å². The normalized spacial score (nSPS) is 10.6. The minimum Gasteiger partial charge on any atom is -0.497 e. The second kappa shape index (κ2) is 8.10. The molecule has 134 valence electrons. The van der Waals surface area contributed by atoms with Crippen molar-refractivity contribution in [3.63, 3.8) is 0 Å². The Morgan fingerprint density at radius 3 is 2.73 bits per heavy atom. The van der Waals surface area contributed by atoms with Crippen molar-refractivity contribution >= 4 is 22.4 Å². The van der Waals surface area contributed by atoms with E-state index in [9.17, 15) is 9.18 Å². The third-order valence-electron chi connectivity index (χ3n) is 3.94. The summed E-state index contributed by atoms with van der Waals surface area (Å²) in [7, 11) is 1.62. The second-order valence-electron chi connectivity index (χ2n) is 5.83. The summed E-state index contributed by atoms with van der Waals surface area (Å²) in [5, 5.41) is 3.40. The van der Waals surface area contributed by atoms with Crippen LogP contribution < -0.4 is 10.1 Å². The fourth-order valence-electron chi connectivity index (χ4n) is 2.59. The average molecular weight is 370 g/mol. The molecule has 0 saturated carbocycles. The number of aromatic nitrogens is 1. The van der Waals surface area contributed by atoms with Gasteiger partial charge in [-0.1, -0.05) is 12.1 Å². The maximum absolute atomic E-state index is 13.1. The molecule has 6 heteroatoms. The van der Waals surface area contributed by atoms with Gasteiger partial charge in [0.1, 0.15) is 11.6 Å². The summed E-state index contributed by atoms with van der Waals surface area (Å²) in [4.78, 5) is 17.7. The second-order valence-corrected chi connectivity index (χ2v) is 7.03. The van der Waals surface area contributed by atoms with Crippen LogP contribution in [0.15, 0.2) is 48.5 Å². The first kappa shape index (κ1) is 18.1. The van der Waals surface area contributed by atoms with E-state index >= 15 is 0 Å². The number of carbonyl (C=O) groups is 1. The van der Waals surface area contributed by atoms with Crippen LogP contribution in [0.2, 0.25) is 0 Å². The number of rotatable bonds is 6. The first-order chi connectivity index (χ1) is 12.5. The number of thiazole rings is 1. The maximum atomic E-state index is 13.1. The summed E-state index contributed by atoms with van der Waals surface area (Å²) in [6, 6.07) is 13.9. The SMILES string of the molecule is COc1cccc(CCC(=O)Nc2nc(-c3ccc(F)cc3)c(C)s2)c1. The van der Waals surface area contributed by atoms with Crippen LogP contribution in [-0.2, 0) is 11.2 Å². The van der Waals surface area contributed by atoms with Crippen LogP contribution in [0.4, 0.5) is 9.52 Å². The molecule has 1 N–H and O–H groups in total. The van der Waals surface area contributed by atoms with Gasteiger partial charge in [-0.15, -0.1) is 11.3 Å². The fourth-order valence-corrected chi connectivity index (χ4v) is 3.45. The Hall–Kier alpha value is -2.73. The molecule has 0 radical (unpaired) electrons. The Balaban J connectivity index is 1.62. The highest BCUT2D eigenvalue weighted by Crippen LogP contribution is 2.30. The molecule has 4 nitrogen and oxygen atoms in total. The third-order valence-corrected chi connectivity index (χ3v) is 4.82. The highest BCUT2D eigenvalue weighted by atomic mass is 32.1. The number of anilines is 1. The van der Waals surface area contributed by atoms with Crippen molar-refractivity contribution in [2.45, 2.75) is 19.8 Å². The van der Waals surface area contributed by atoms with E-state index in [-0.39, 0.29) is 11.7 Å². The number of halogens is 1. The summed E-state index contributed by atoms with van der Waals surface area (Å²) >= 11 is 1.41. The van der Waals surface area contributed by atoms with Crippen molar-refractivity contribution in [1.29, 1.82) is 0 Å². The van der Waals surface area contributed by atoms with E-state index < -0.39 is 0 Å². The predicted molar refractivity (Wildman–Crippen MR) is 102 cm³/mol. The largest absolute Gasteiger partial charge is 0.497 e. The van der Waals surface area contributed by atoms with Gasteiger partial charge < -0.3 is 10.1 Å². The van der Waals surface area contributed by atoms with Crippen LogP contribution in [0.25, 0.3) is 11.3 Å². The molecule has 2 aromatic carbocycles.